The average molecular weight is 372 g/mol. The number of ether oxygens (including phenoxy) is 1. The first-order chi connectivity index (χ1) is 13.7. The van der Waals surface area contributed by atoms with Crippen LogP contribution in [0, 0.1) is 0 Å². The van der Waals surface area contributed by atoms with Crippen molar-refractivity contribution in [3.8, 4) is 0 Å². The minimum atomic E-state index is -0.519. The van der Waals surface area contributed by atoms with Crippen LogP contribution in [0.5, 0.6) is 0 Å². The molecule has 0 spiro atoms. The number of hydrogen-bond acceptors (Lipinski definition) is 3. The highest BCUT2D eigenvalue weighted by Crippen LogP contribution is 2.32. The summed E-state index contributed by atoms with van der Waals surface area (Å²) in [4.78, 5) is 26.3. The van der Waals surface area contributed by atoms with Crippen molar-refractivity contribution >= 4 is 23.4 Å². The fourth-order valence-electron chi connectivity index (χ4n) is 3.28. The van der Waals surface area contributed by atoms with Gasteiger partial charge in [0.15, 0.2) is 0 Å². The molecule has 0 saturated carbocycles. The van der Waals surface area contributed by atoms with Gasteiger partial charge in [0, 0.05) is 11.4 Å². The summed E-state index contributed by atoms with van der Waals surface area (Å²) in [6.07, 6.45) is -0.189. The quantitative estimate of drug-likeness (QED) is 0.716. The molecule has 3 aromatic carbocycles. The van der Waals surface area contributed by atoms with Gasteiger partial charge >= 0.3 is 6.09 Å². The lowest BCUT2D eigenvalue weighted by molar-refractivity contribution is -0.117. The fraction of sp³-hybridized carbons (Fsp3) is 0.130. The van der Waals surface area contributed by atoms with Crippen LogP contribution in [0.3, 0.4) is 0 Å². The van der Waals surface area contributed by atoms with Gasteiger partial charge in [-0.05, 0) is 34.9 Å². The van der Waals surface area contributed by atoms with Crippen LogP contribution in [-0.2, 0) is 29.1 Å². The molecule has 0 aliphatic carbocycles. The Hall–Kier alpha value is -3.60. The Balaban J connectivity index is 1.41. The molecular formula is C23H20N2O3. The molecule has 4 rings (SSSR count). The molecule has 0 aromatic heterocycles. The minimum Gasteiger partial charge on any atom is -0.444 e. The Morgan fingerprint density at radius 1 is 0.929 bits per heavy atom. The number of anilines is 2. The van der Waals surface area contributed by atoms with Crippen LogP contribution in [0.4, 0.5) is 16.2 Å². The van der Waals surface area contributed by atoms with E-state index in [4.69, 9.17) is 4.74 Å². The predicted molar refractivity (Wildman–Crippen MR) is 108 cm³/mol. The second-order valence-electron chi connectivity index (χ2n) is 6.67. The molecule has 1 aliphatic rings. The molecule has 1 aliphatic heterocycles. The SMILES string of the molecule is O=C(Nc1ccc2c(c1)CC(=O)N2Cc1ccccc1)OCc1ccccc1. The Kier molecular flexibility index (Phi) is 5.06. The second kappa shape index (κ2) is 7.96. The molecule has 1 N–H and O–H groups in total. The molecule has 140 valence electrons. The van der Waals surface area contributed by atoms with Gasteiger partial charge in [-0.25, -0.2) is 4.79 Å². The normalized spacial score (nSPS) is 12.6. The molecule has 3 aromatic rings. The van der Waals surface area contributed by atoms with Gasteiger partial charge in [0.1, 0.15) is 6.61 Å². The van der Waals surface area contributed by atoms with Crippen LogP contribution < -0.4 is 10.2 Å². The molecule has 28 heavy (non-hydrogen) atoms. The lowest BCUT2D eigenvalue weighted by Crippen LogP contribution is -2.25. The van der Waals surface area contributed by atoms with Crippen molar-refractivity contribution in [2.45, 2.75) is 19.6 Å². The number of hydrogen-bond donors (Lipinski definition) is 1. The summed E-state index contributed by atoms with van der Waals surface area (Å²) >= 11 is 0. The number of nitrogens with zero attached hydrogens (tertiary/aromatic N) is 1. The number of carbonyl (C=O) groups excluding carboxylic acids is 2. The fourth-order valence-corrected chi connectivity index (χ4v) is 3.28. The van der Waals surface area contributed by atoms with Gasteiger partial charge < -0.3 is 9.64 Å². The van der Waals surface area contributed by atoms with Crippen molar-refractivity contribution in [1.82, 2.24) is 0 Å². The number of benzene rings is 3. The molecule has 5 nitrogen and oxygen atoms in total. The molecule has 0 saturated heterocycles. The van der Waals surface area contributed by atoms with E-state index in [2.05, 4.69) is 5.32 Å². The summed E-state index contributed by atoms with van der Waals surface area (Å²) < 4.78 is 5.25. The molecule has 0 unspecified atom stereocenters. The largest absolute Gasteiger partial charge is 0.444 e. The van der Waals surface area contributed by atoms with E-state index in [1.54, 1.807) is 11.0 Å². The van der Waals surface area contributed by atoms with Gasteiger partial charge in [0.2, 0.25) is 5.91 Å². The Labute approximate surface area is 163 Å². The van der Waals surface area contributed by atoms with E-state index in [1.165, 1.54) is 0 Å². The molecule has 0 fully saturated rings. The maximum atomic E-state index is 12.4. The first-order valence-electron chi connectivity index (χ1n) is 9.14. The number of nitrogens with one attached hydrogen (secondary N) is 1. The van der Waals surface area contributed by atoms with Crippen molar-refractivity contribution in [3.05, 3.63) is 95.6 Å². The number of carbonyl (C=O) groups is 2. The zero-order valence-electron chi connectivity index (χ0n) is 15.3. The highest BCUT2D eigenvalue weighted by atomic mass is 16.5. The smallest absolute Gasteiger partial charge is 0.411 e. The third kappa shape index (κ3) is 4.04. The summed E-state index contributed by atoms with van der Waals surface area (Å²) in [5.74, 6) is 0.0580. The maximum absolute atomic E-state index is 12.4. The Bertz CT molecular complexity index is 987. The van der Waals surface area contributed by atoms with Gasteiger partial charge in [-0.1, -0.05) is 60.7 Å². The molecule has 0 radical (unpaired) electrons. The average Bonchev–Trinajstić information content (AvgIpc) is 3.02. The van der Waals surface area contributed by atoms with E-state index in [0.717, 1.165) is 22.4 Å². The van der Waals surface area contributed by atoms with Crippen LogP contribution in [0.2, 0.25) is 0 Å². The van der Waals surface area contributed by atoms with Crippen molar-refractivity contribution in [3.63, 3.8) is 0 Å². The van der Waals surface area contributed by atoms with Crippen molar-refractivity contribution in [2.75, 3.05) is 10.2 Å². The van der Waals surface area contributed by atoms with Gasteiger partial charge in [0.05, 0.1) is 13.0 Å². The first-order valence-corrected chi connectivity index (χ1v) is 9.14. The number of amides is 2. The summed E-state index contributed by atoms with van der Waals surface area (Å²) in [5, 5.41) is 2.73. The van der Waals surface area contributed by atoms with E-state index in [1.807, 2.05) is 72.8 Å². The second-order valence-corrected chi connectivity index (χ2v) is 6.67. The predicted octanol–water partition coefficient (Wildman–Crippen LogP) is 4.52. The standard InChI is InChI=1S/C23H20N2O3/c26-22-14-19-13-20(24-23(27)28-16-18-9-5-2-6-10-18)11-12-21(19)25(22)15-17-7-3-1-4-8-17/h1-13H,14-16H2,(H,24,27). The van der Waals surface area contributed by atoms with Gasteiger partial charge in [-0.15, -0.1) is 0 Å². The summed E-state index contributed by atoms with van der Waals surface area (Å²) in [6, 6.07) is 24.9. The van der Waals surface area contributed by atoms with E-state index in [9.17, 15) is 9.59 Å². The highest BCUT2D eigenvalue weighted by molar-refractivity contribution is 6.02. The Morgan fingerprint density at radius 2 is 1.61 bits per heavy atom. The van der Waals surface area contributed by atoms with Crippen molar-refractivity contribution < 1.29 is 14.3 Å². The zero-order chi connectivity index (χ0) is 19.3. The van der Waals surface area contributed by atoms with Crippen molar-refractivity contribution in [2.24, 2.45) is 0 Å². The van der Waals surface area contributed by atoms with E-state index in [0.29, 0.717) is 18.7 Å². The highest BCUT2D eigenvalue weighted by Gasteiger charge is 2.27. The van der Waals surface area contributed by atoms with Crippen LogP contribution in [-0.4, -0.2) is 12.0 Å². The van der Waals surface area contributed by atoms with Crippen LogP contribution >= 0.6 is 0 Å². The molecule has 1 heterocycles. The molecular weight excluding hydrogens is 352 g/mol. The van der Waals surface area contributed by atoms with Crippen molar-refractivity contribution in [1.29, 1.82) is 0 Å². The lowest BCUT2D eigenvalue weighted by atomic mass is 10.1. The zero-order valence-corrected chi connectivity index (χ0v) is 15.3. The van der Waals surface area contributed by atoms with E-state index < -0.39 is 6.09 Å². The van der Waals surface area contributed by atoms with E-state index in [-0.39, 0.29) is 12.5 Å². The third-order valence-electron chi connectivity index (χ3n) is 4.66. The van der Waals surface area contributed by atoms with E-state index >= 15 is 0 Å². The molecule has 2 amide bonds. The number of fused-ring (bicyclic) bond motifs is 1. The lowest BCUT2D eigenvalue weighted by Gasteiger charge is -2.18. The summed E-state index contributed by atoms with van der Waals surface area (Å²) in [7, 11) is 0. The molecule has 0 bridgehead atoms. The summed E-state index contributed by atoms with van der Waals surface area (Å²) in [6.45, 7) is 0.750. The van der Waals surface area contributed by atoms with Crippen LogP contribution in [0.15, 0.2) is 78.9 Å². The minimum absolute atomic E-state index is 0.0580. The Morgan fingerprint density at radius 3 is 2.32 bits per heavy atom. The first kappa shape index (κ1) is 17.8. The van der Waals surface area contributed by atoms with Crippen LogP contribution in [0.1, 0.15) is 16.7 Å². The van der Waals surface area contributed by atoms with Gasteiger partial charge in [-0.2, -0.15) is 0 Å². The maximum Gasteiger partial charge on any atom is 0.411 e. The van der Waals surface area contributed by atoms with Gasteiger partial charge in [0.25, 0.3) is 0 Å². The summed E-state index contributed by atoms with van der Waals surface area (Å²) in [5.41, 5.74) is 4.41. The topological polar surface area (TPSA) is 58.6 Å². The molecule has 0 atom stereocenters. The van der Waals surface area contributed by atoms with Crippen LogP contribution in [0.25, 0.3) is 0 Å². The molecule has 5 heteroatoms. The van der Waals surface area contributed by atoms with Gasteiger partial charge in [-0.3, -0.25) is 10.1 Å². The monoisotopic (exact) mass is 372 g/mol. The third-order valence-corrected chi connectivity index (χ3v) is 4.66. The number of rotatable bonds is 5.